The van der Waals surface area contributed by atoms with Gasteiger partial charge in [-0.3, -0.25) is 9.80 Å². The van der Waals surface area contributed by atoms with Crippen molar-refractivity contribution in [3.8, 4) is 0 Å². The Kier molecular flexibility index (Phi) is 24.4. The van der Waals surface area contributed by atoms with E-state index >= 15 is 0 Å². The van der Waals surface area contributed by atoms with Crippen molar-refractivity contribution in [2.75, 3.05) is 92.6 Å². The molecule has 0 saturated heterocycles. The molecule has 0 aliphatic rings. The first-order valence-electron chi connectivity index (χ1n) is 25.1. The zero-order valence-corrected chi connectivity index (χ0v) is 47.9. The molecular formula is C52H96N8O12+2. The van der Waals surface area contributed by atoms with Gasteiger partial charge in [-0.1, -0.05) is 24.3 Å². The molecule has 72 heavy (non-hydrogen) atoms. The molecule has 0 aromatic heterocycles. The average Bonchev–Trinajstić information content (AvgIpc) is 3.14. The highest BCUT2D eigenvalue weighted by Crippen LogP contribution is 2.19. The molecule has 0 fully saturated rings. The van der Waals surface area contributed by atoms with Crippen LogP contribution in [0.4, 0.5) is 28.8 Å². The second-order valence-corrected chi connectivity index (χ2v) is 24.9. The predicted octanol–water partition coefficient (Wildman–Crippen LogP) is 8.15. The summed E-state index contributed by atoms with van der Waals surface area (Å²) < 4.78 is 34.3. The van der Waals surface area contributed by atoms with Gasteiger partial charge >= 0.3 is 36.6 Å². The largest absolute Gasteiger partial charge is 0.444 e. The number of benzene rings is 1. The Labute approximate surface area is 432 Å². The van der Waals surface area contributed by atoms with Gasteiger partial charge in [0.25, 0.3) is 0 Å². The van der Waals surface area contributed by atoms with Gasteiger partial charge in [0.05, 0.1) is 92.6 Å². The van der Waals surface area contributed by atoms with Crippen LogP contribution in [0.15, 0.2) is 24.3 Å². The van der Waals surface area contributed by atoms with Gasteiger partial charge in [-0.2, -0.15) is 0 Å². The number of hydrogen-bond donors (Lipinski definition) is 4. The van der Waals surface area contributed by atoms with E-state index in [4.69, 9.17) is 28.4 Å². The summed E-state index contributed by atoms with van der Waals surface area (Å²) >= 11 is 0. The predicted molar refractivity (Wildman–Crippen MR) is 278 cm³/mol. The number of quaternary nitrogens is 2. The van der Waals surface area contributed by atoms with Crippen molar-refractivity contribution in [2.45, 2.75) is 171 Å². The number of amides is 6. The van der Waals surface area contributed by atoms with Crippen molar-refractivity contribution >= 4 is 36.6 Å². The third-order valence-electron chi connectivity index (χ3n) is 10.2. The van der Waals surface area contributed by atoms with E-state index in [1.165, 1.54) is 0 Å². The Hall–Kier alpha value is -5.24. The Morgan fingerprint density at radius 1 is 0.375 bits per heavy atom. The van der Waals surface area contributed by atoms with E-state index < -0.39 is 70.2 Å². The molecule has 20 heteroatoms. The molecule has 414 valence electrons. The van der Waals surface area contributed by atoms with E-state index in [9.17, 15) is 28.8 Å². The number of alkyl carbamates (subject to hydrolysis) is 4. The molecule has 1 rings (SSSR count). The summed E-state index contributed by atoms with van der Waals surface area (Å²) in [4.78, 5) is 81.2. The van der Waals surface area contributed by atoms with E-state index in [0.29, 0.717) is 48.2 Å². The topological polar surface area (TPSA) is 212 Å². The summed E-state index contributed by atoms with van der Waals surface area (Å²) in [5.41, 5.74) is -2.57. The molecule has 0 atom stereocenters. The van der Waals surface area contributed by atoms with Gasteiger partial charge in [0.15, 0.2) is 0 Å². The maximum atomic E-state index is 13.9. The van der Waals surface area contributed by atoms with Crippen molar-refractivity contribution in [1.82, 2.24) is 31.1 Å². The van der Waals surface area contributed by atoms with E-state index in [0.717, 1.165) is 11.1 Å². The van der Waals surface area contributed by atoms with Gasteiger partial charge in [-0.25, -0.2) is 28.8 Å². The molecule has 0 saturated carbocycles. The highest BCUT2D eigenvalue weighted by molar-refractivity contribution is 5.70. The first-order valence-corrected chi connectivity index (χ1v) is 25.1. The zero-order valence-electron chi connectivity index (χ0n) is 47.9. The molecule has 4 N–H and O–H groups in total. The van der Waals surface area contributed by atoms with Crippen LogP contribution < -0.4 is 21.3 Å². The number of rotatable bonds is 22. The zero-order chi connectivity index (χ0) is 55.6. The summed E-state index contributed by atoms with van der Waals surface area (Å²) in [5, 5.41) is 11.3. The van der Waals surface area contributed by atoms with E-state index in [-0.39, 0.29) is 52.4 Å². The maximum absolute atomic E-state index is 13.9. The molecule has 0 unspecified atom stereocenters. The van der Waals surface area contributed by atoms with Gasteiger partial charge in [0.1, 0.15) is 33.6 Å². The van der Waals surface area contributed by atoms with Crippen LogP contribution in [0.1, 0.15) is 136 Å². The van der Waals surface area contributed by atoms with Crippen LogP contribution in [0.3, 0.4) is 0 Å². The highest BCUT2D eigenvalue weighted by atomic mass is 16.6. The molecular weight excluding hydrogens is 929 g/mol. The molecule has 1 aromatic rings. The van der Waals surface area contributed by atoms with Crippen LogP contribution >= 0.6 is 0 Å². The Morgan fingerprint density at radius 2 is 0.583 bits per heavy atom. The Balaban J connectivity index is 3.43. The van der Waals surface area contributed by atoms with Crippen LogP contribution in [0, 0.1) is 0 Å². The minimum Gasteiger partial charge on any atom is -0.444 e. The second kappa shape index (κ2) is 27.2. The van der Waals surface area contributed by atoms with Gasteiger partial charge < -0.3 is 58.7 Å². The molecule has 1 aromatic carbocycles. The highest BCUT2D eigenvalue weighted by Gasteiger charge is 2.31. The fourth-order valence-electron chi connectivity index (χ4n) is 6.68. The first kappa shape index (κ1) is 64.8. The van der Waals surface area contributed by atoms with Gasteiger partial charge in [0.2, 0.25) is 0 Å². The molecule has 0 aliphatic heterocycles. The number of nitrogens with one attached hydrogen (secondary N) is 4. The molecule has 20 nitrogen and oxygen atoms in total. The van der Waals surface area contributed by atoms with E-state index in [1.807, 2.05) is 79.9 Å². The number of carbonyl (C=O) groups is 6. The van der Waals surface area contributed by atoms with E-state index in [2.05, 4.69) is 21.3 Å². The number of hydrogen-bond acceptors (Lipinski definition) is 12. The number of ether oxygens (including phenoxy) is 6. The van der Waals surface area contributed by atoms with Crippen LogP contribution in [-0.2, 0) is 41.5 Å². The summed E-state index contributed by atoms with van der Waals surface area (Å²) in [6, 6.07) is 7.64. The molecule has 0 radical (unpaired) electrons. The molecule has 6 amide bonds. The Morgan fingerprint density at radius 3 is 0.778 bits per heavy atom. The molecule has 0 spiro atoms. The van der Waals surface area contributed by atoms with Crippen molar-refractivity contribution in [2.24, 2.45) is 0 Å². The lowest BCUT2D eigenvalue weighted by atomic mass is 10.1. The third-order valence-corrected chi connectivity index (χ3v) is 10.2. The summed E-state index contributed by atoms with van der Waals surface area (Å²) in [7, 11) is 3.99. The summed E-state index contributed by atoms with van der Waals surface area (Å²) in [6.45, 7) is 37.2. The minimum absolute atomic E-state index is 0.210. The second-order valence-electron chi connectivity index (χ2n) is 24.9. The molecule has 0 bridgehead atoms. The lowest BCUT2D eigenvalue weighted by Crippen LogP contribution is -2.55. The van der Waals surface area contributed by atoms with Crippen LogP contribution in [0.5, 0.6) is 0 Å². The normalized spacial score (nSPS) is 12.7. The average molecular weight is 1030 g/mol. The van der Waals surface area contributed by atoms with Crippen LogP contribution in [0.2, 0.25) is 0 Å². The first-order chi connectivity index (χ1) is 32.5. The fourth-order valence-corrected chi connectivity index (χ4v) is 6.68. The van der Waals surface area contributed by atoms with Crippen molar-refractivity contribution in [3.05, 3.63) is 35.4 Å². The quantitative estimate of drug-likeness (QED) is 0.0640. The smallest absolute Gasteiger partial charge is 0.410 e. The molecule has 0 aliphatic carbocycles. The van der Waals surface area contributed by atoms with Gasteiger partial charge in [-0.15, -0.1) is 0 Å². The number of carbonyl (C=O) groups excluding carboxylic acids is 6. The standard InChI is InChI=1S/C52H94N8O12/c1-47(2,3)67-41(61)53-25-31-59(19,32-26-54-42(62)68-48(4,5)6)35-29-57(45(65)71-51(13,14)15)37-39-21-23-40(24-22-39)38-58(46(66)72-52(16,17)18)30-36-60(20,33-27-55-43(63)69-49(7,8)9)34-28-56-44(64)70-50(10,11)12/h21-24H,25-38H2,1-20H3,(H2-2,53,54,55,56,61,62,63,64)/p+2. The van der Waals surface area contributed by atoms with Crippen molar-refractivity contribution in [3.63, 3.8) is 0 Å². The van der Waals surface area contributed by atoms with E-state index in [1.54, 1.807) is 92.9 Å². The summed E-state index contributed by atoms with van der Waals surface area (Å²) in [5.74, 6) is 0. The summed E-state index contributed by atoms with van der Waals surface area (Å²) in [6.07, 6.45) is -3.17. The maximum Gasteiger partial charge on any atom is 0.410 e. The SMILES string of the molecule is CC(C)(C)OC(=O)NCC[N+](C)(CCNC(=O)OC(C)(C)C)CCN(Cc1ccc(CN(CC[N+](C)(CCNC(=O)OC(C)(C)C)CCNC(=O)OC(C)(C)C)C(=O)OC(C)(C)C)cc1)C(=O)OC(C)(C)C. The van der Waals surface area contributed by atoms with Gasteiger partial charge in [0, 0.05) is 13.1 Å². The van der Waals surface area contributed by atoms with Crippen LogP contribution in [-0.4, -0.2) is 182 Å². The Bertz CT molecular complexity index is 1680. The lowest BCUT2D eigenvalue weighted by Gasteiger charge is -2.37. The monoisotopic (exact) mass is 1020 g/mol. The molecule has 0 heterocycles. The number of nitrogens with zero attached hydrogens (tertiary/aromatic N) is 4. The number of likely N-dealkylation sites (N-methyl/N-ethyl adjacent to an activating group) is 2. The fraction of sp³-hybridized carbons (Fsp3) is 0.769. The van der Waals surface area contributed by atoms with Crippen LogP contribution in [0.25, 0.3) is 0 Å². The van der Waals surface area contributed by atoms with Crippen molar-refractivity contribution in [1.29, 1.82) is 0 Å². The third kappa shape index (κ3) is 32.0. The van der Waals surface area contributed by atoms with Crippen molar-refractivity contribution < 1.29 is 66.2 Å². The lowest BCUT2D eigenvalue weighted by molar-refractivity contribution is -0.906. The van der Waals surface area contributed by atoms with Gasteiger partial charge in [-0.05, 0) is 136 Å². The minimum atomic E-state index is -0.769.